The van der Waals surface area contributed by atoms with Gasteiger partial charge in [0.15, 0.2) is 0 Å². The highest BCUT2D eigenvalue weighted by molar-refractivity contribution is 5.31. The van der Waals surface area contributed by atoms with Gasteiger partial charge in [0.2, 0.25) is 0 Å². The minimum Gasteiger partial charge on any atom is -0.491 e. The van der Waals surface area contributed by atoms with Crippen molar-refractivity contribution in [3.63, 3.8) is 0 Å². The summed E-state index contributed by atoms with van der Waals surface area (Å²) in [6.07, 6.45) is 6.71. The van der Waals surface area contributed by atoms with E-state index in [4.69, 9.17) is 4.74 Å². The maximum atomic E-state index is 11.0. The van der Waals surface area contributed by atoms with Gasteiger partial charge in [0.05, 0.1) is 11.7 Å². The maximum Gasteiger partial charge on any atom is 0.119 e. The van der Waals surface area contributed by atoms with Crippen molar-refractivity contribution in [2.75, 3.05) is 0 Å². The van der Waals surface area contributed by atoms with Crippen LogP contribution in [0, 0.1) is 5.92 Å². The van der Waals surface area contributed by atoms with Crippen LogP contribution < -0.4 is 4.74 Å². The monoisotopic (exact) mass is 276 g/mol. The second kappa shape index (κ2) is 6.62. The first-order chi connectivity index (χ1) is 9.53. The van der Waals surface area contributed by atoms with Gasteiger partial charge in [-0.15, -0.1) is 0 Å². The molecule has 0 aliphatic heterocycles. The minimum atomic E-state index is -0.639. The average molecular weight is 276 g/mol. The lowest BCUT2D eigenvalue weighted by molar-refractivity contribution is 0.0195. The van der Waals surface area contributed by atoms with Crippen LogP contribution in [0.25, 0.3) is 0 Å². The van der Waals surface area contributed by atoms with Gasteiger partial charge in [-0.1, -0.05) is 31.9 Å². The molecule has 2 heteroatoms. The molecule has 112 valence electrons. The molecule has 1 N–H and O–H groups in total. The lowest BCUT2D eigenvalue weighted by atomic mass is 9.86. The molecule has 0 heterocycles. The molecule has 0 radical (unpaired) electrons. The molecule has 1 fully saturated rings. The van der Waals surface area contributed by atoms with E-state index < -0.39 is 5.60 Å². The Morgan fingerprint density at radius 2 is 1.90 bits per heavy atom. The van der Waals surface area contributed by atoms with Crippen LogP contribution in [-0.2, 0) is 5.60 Å². The lowest BCUT2D eigenvalue weighted by Gasteiger charge is -2.27. The molecular weight excluding hydrogens is 248 g/mol. The Bertz CT molecular complexity index is 410. The molecule has 0 aromatic heterocycles. The molecule has 0 saturated heterocycles. The fourth-order valence-corrected chi connectivity index (χ4v) is 3.21. The van der Waals surface area contributed by atoms with Gasteiger partial charge in [-0.05, 0) is 63.1 Å². The molecule has 20 heavy (non-hydrogen) atoms. The van der Waals surface area contributed by atoms with Gasteiger partial charge in [0, 0.05) is 0 Å². The molecule has 2 unspecified atom stereocenters. The molecule has 1 saturated carbocycles. The predicted molar refractivity (Wildman–Crippen MR) is 83.0 cm³/mol. The topological polar surface area (TPSA) is 29.5 Å². The van der Waals surface area contributed by atoms with Gasteiger partial charge in [0.25, 0.3) is 0 Å². The van der Waals surface area contributed by atoms with E-state index in [1.165, 1.54) is 12.8 Å². The van der Waals surface area contributed by atoms with Crippen LogP contribution >= 0.6 is 0 Å². The zero-order valence-electron chi connectivity index (χ0n) is 13.1. The first-order valence-corrected chi connectivity index (χ1v) is 8.03. The molecule has 2 atom stereocenters. The van der Waals surface area contributed by atoms with Crippen molar-refractivity contribution in [3.8, 4) is 5.75 Å². The van der Waals surface area contributed by atoms with Gasteiger partial charge >= 0.3 is 0 Å². The molecular formula is C18H28O2. The number of hydrogen-bond donors (Lipinski definition) is 1. The van der Waals surface area contributed by atoms with Gasteiger partial charge in [-0.3, -0.25) is 0 Å². The highest BCUT2D eigenvalue weighted by atomic mass is 16.5. The molecule has 1 aromatic rings. The Labute approximate surface area is 123 Å². The second-order valence-electron chi connectivity index (χ2n) is 6.43. The van der Waals surface area contributed by atoms with Gasteiger partial charge in [-0.2, -0.15) is 0 Å². The second-order valence-corrected chi connectivity index (χ2v) is 6.43. The van der Waals surface area contributed by atoms with Gasteiger partial charge < -0.3 is 9.84 Å². The fraction of sp³-hybridized carbons (Fsp3) is 0.667. The molecule has 0 spiro atoms. The number of rotatable bonds is 4. The molecule has 1 aliphatic rings. The van der Waals surface area contributed by atoms with E-state index in [9.17, 15) is 5.11 Å². The highest BCUT2D eigenvalue weighted by Gasteiger charge is 2.32. The average Bonchev–Trinajstić information content (AvgIpc) is 2.61. The Hall–Kier alpha value is -1.02. The van der Waals surface area contributed by atoms with Crippen LogP contribution in [0.2, 0.25) is 0 Å². The summed E-state index contributed by atoms with van der Waals surface area (Å²) in [4.78, 5) is 0. The van der Waals surface area contributed by atoms with Crippen molar-refractivity contribution in [1.82, 2.24) is 0 Å². The third-order valence-corrected chi connectivity index (χ3v) is 4.51. The van der Waals surface area contributed by atoms with Crippen molar-refractivity contribution in [1.29, 1.82) is 0 Å². The summed E-state index contributed by atoms with van der Waals surface area (Å²) in [5.41, 5.74) is 0.408. The zero-order valence-corrected chi connectivity index (χ0v) is 13.1. The summed E-state index contributed by atoms with van der Waals surface area (Å²) in [5.74, 6) is 1.67. The van der Waals surface area contributed by atoms with Crippen molar-refractivity contribution in [2.24, 2.45) is 5.92 Å². The number of ether oxygens (including phenoxy) is 1. The predicted octanol–water partition coefficient (Wildman–Crippen LogP) is 4.65. The molecule has 2 rings (SSSR count). The molecule has 0 amide bonds. The van der Waals surface area contributed by atoms with Gasteiger partial charge in [0.1, 0.15) is 5.75 Å². The summed E-state index contributed by atoms with van der Waals surface area (Å²) in [7, 11) is 0. The van der Waals surface area contributed by atoms with E-state index >= 15 is 0 Å². The smallest absolute Gasteiger partial charge is 0.119 e. The third-order valence-electron chi connectivity index (χ3n) is 4.51. The molecule has 2 nitrogen and oxygen atoms in total. The van der Waals surface area contributed by atoms with E-state index in [2.05, 4.69) is 6.92 Å². The van der Waals surface area contributed by atoms with E-state index in [0.29, 0.717) is 0 Å². The van der Waals surface area contributed by atoms with Crippen LogP contribution in [0.1, 0.15) is 64.9 Å². The minimum absolute atomic E-state index is 0.187. The number of benzene rings is 1. The summed E-state index contributed by atoms with van der Waals surface area (Å²) in [6, 6.07) is 8.03. The summed E-state index contributed by atoms with van der Waals surface area (Å²) >= 11 is 0. The quantitative estimate of drug-likeness (QED) is 0.811. The Morgan fingerprint density at radius 1 is 1.20 bits per heavy atom. The van der Waals surface area contributed by atoms with E-state index in [0.717, 1.165) is 42.9 Å². The lowest BCUT2D eigenvalue weighted by Crippen LogP contribution is -2.24. The summed E-state index contributed by atoms with van der Waals surface area (Å²) in [6.45, 7) is 6.31. The van der Waals surface area contributed by atoms with Crippen LogP contribution in [0.4, 0.5) is 0 Å². The number of hydrogen-bond acceptors (Lipinski definition) is 2. The first kappa shape index (κ1) is 15.4. The third kappa shape index (κ3) is 3.76. The van der Waals surface area contributed by atoms with Crippen LogP contribution in [-0.4, -0.2) is 11.2 Å². The summed E-state index contributed by atoms with van der Waals surface area (Å²) < 4.78 is 5.67. The largest absolute Gasteiger partial charge is 0.491 e. The summed E-state index contributed by atoms with van der Waals surface area (Å²) in [5, 5.41) is 11.0. The van der Waals surface area contributed by atoms with E-state index in [-0.39, 0.29) is 6.10 Å². The van der Waals surface area contributed by atoms with Gasteiger partial charge in [-0.25, -0.2) is 0 Å². The molecule has 1 aromatic carbocycles. The van der Waals surface area contributed by atoms with E-state index in [1.54, 1.807) is 0 Å². The van der Waals surface area contributed by atoms with Crippen molar-refractivity contribution in [2.45, 2.75) is 71.0 Å². The first-order valence-electron chi connectivity index (χ1n) is 8.03. The Morgan fingerprint density at radius 3 is 2.50 bits per heavy atom. The molecule has 0 bridgehead atoms. The fourth-order valence-electron chi connectivity index (χ4n) is 3.21. The Balaban J connectivity index is 2.09. The van der Waals surface area contributed by atoms with Crippen LogP contribution in [0.3, 0.4) is 0 Å². The van der Waals surface area contributed by atoms with Crippen molar-refractivity contribution in [3.05, 3.63) is 29.8 Å². The Kier molecular flexibility index (Phi) is 5.09. The maximum absolute atomic E-state index is 11.0. The SMILES string of the molecule is CCC1CCCC(O)(c2ccc(OC(C)C)cc2)CC1. The zero-order chi connectivity index (χ0) is 14.6. The van der Waals surface area contributed by atoms with E-state index in [1.807, 2.05) is 38.1 Å². The highest BCUT2D eigenvalue weighted by Crippen LogP contribution is 2.39. The van der Waals surface area contributed by atoms with Crippen molar-refractivity contribution >= 4 is 0 Å². The molecule has 1 aliphatic carbocycles. The number of aliphatic hydroxyl groups is 1. The van der Waals surface area contributed by atoms with Crippen LogP contribution in [0.15, 0.2) is 24.3 Å². The standard InChI is InChI=1S/C18H28O2/c1-4-15-6-5-12-18(19,13-11-15)16-7-9-17(10-8-16)20-14(2)3/h7-10,14-15,19H,4-6,11-13H2,1-3H3. The normalized spacial score (nSPS) is 27.4. The van der Waals surface area contributed by atoms with Crippen LogP contribution in [0.5, 0.6) is 5.75 Å². The van der Waals surface area contributed by atoms with Crippen molar-refractivity contribution < 1.29 is 9.84 Å².